The number of ether oxygens (including phenoxy) is 1. The van der Waals surface area contributed by atoms with Crippen LogP contribution in [-0.4, -0.2) is 22.9 Å². The Morgan fingerprint density at radius 3 is 2.82 bits per heavy atom. The first-order valence-corrected chi connectivity index (χ1v) is 6.95. The maximum atomic E-state index is 10.5. The Labute approximate surface area is 105 Å². The Morgan fingerprint density at radius 2 is 2.18 bits per heavy atom. The molecule has 0 saturated carbocycles. The zero-order valence-corrected chi connectivity index (χ0v) is 11.6. The van der Waals surface area contributed by atoms with Gasteiger partial charge < -0.3 is 9.84 Å². The third-order valence-electron chi connectivity index (χ3n) is 4.55. The van der Waals surface area contributed by atoms with E-state index in [4.69, 9.17) is 4.74 Å². The van der Waals surface area contributed by atoms with Gasteiger partial charge in [-0.2, -0.15) is 0 Å². The summed E-state index contributed by atoms with van der Waals surface area (Å²) >= 11 is 0. The molecule has 0 spiro atoms. The van der Waals surface area contributed by atoms with Crippen LogP contribution in [-0.2, 0) is 4.74 Å². The van der Waals surface area contributed by atoms with E-state index in [-0.39, 0.29) is 17.8 Å². The lowest BCUT2D eigenvalue weighted by atomic mass is 9.80. The maximum Gasteiger partial charge on any atom is 0.113 e. The number of epoxide rings is 1. The predicted molar refractivity (Wildman–Crippen MR) is 69.8 cm³/mol. The SMILES string of the molecule is C/C1=C\CC[C@@]2(C)O[C@H]2[C@H](O)[C@H](C(C)C)CC1. The van der Waals surface area contributed by atoms with Gasteiger partial charge >= 0.3 is 0 Å². The molecule has 2 nitrogen and oxygen atoms in total. The number of rotatable bonds is 1. The lowest BCUT2D eigenvalue weighted by Crippen LogP contribution is -2.33. The fraction of sp³-hybridized carbons (Fsp3) is 0.867. The highest BCUT2D eigenvalue weighted by molar-refractivity contribution is 5.09. The molecule has 2 rings (SSSR count). The molecule has 0 aromatic carbocycles. The van der Waals surface area contributed by atoms with Gasteiger partial charge in [-0.3, -0.25) is 0 Å². The Kier molecular flexibility index (Phi) is 3.65. The van der Waals surface area contributed by atoms with E-state index in [2.05, 4.69) is 33.8 Å². The van der Waals surface area contributed by atoms with Crippen LogP contribution in [0.3, 0.4) is 0 Å². The summed E-state index contributed by atoms with van der Waals surface area (Å²) in [6.45, 7) is 8.76. The third kappa shape index (κ3) is 2.74. The number of fused-ring (bicyclic) bond motifs is 1. The average Bonchev–Trinajstić information content (AvgIpc) is 2.89. The van der Waals surface area contributed by atoms with E-state index >= 15 is 0 Å². The van der Waals surface area contributed by atoms with Crippen LogP contribution < -0.4 is 0 Å². The molecule has 2 aliphatic rings. The number of aliphatic hydroxyl groups is 1. The zero-order valence-electron chi connectivity index (χ0n) is 11.6. The molecule has 1 aliphatic heterocycles. The molecule has 1 heterocycles. The van der Waals surface area contributed by atoms with E-state index in [1.807, 2.05) is 0 Å². The van der Waals surface area contributed by atoms with Crippen LogP contribution in [0.2, 0.25) is 0 Å². The molecule has 0 aromatic rings. The van der Waals surface area contributed by atoms with Gasteiger partial charge in [0.25, 0.3) is 0 Å². The van der Waals surface area contributed by atoms with Crippen LogP contribution in [0.5, 0.6) is 0 Å². The molecule has 1 N–H and O–H groups in total. The Bertz CT molecular complexity index is 308. The second kappa shape index (κ2) is 4.74. The van der Waals surface area contributed by atoms with Crippen molar-refractivity contribution in [1.29, 1.82) is 0 Å². The van der Waals surface area contributed by atoms with Crippen molar-refractivity contribution in [2.75, 3.05) is 0 Å². The molecular formula is C15H26O2. The van der Waals surface area contributed by atoms with Crippen molar-refractivity contribution in [2.24, 2.45) is 11.8 Å². The molecule has 0 unspecified atom stereocenters. The number of hydrogen-bond acceptors (Lipinski definition) is 2. The van der Waals surface area contributed by atoms with Crippen LogP contribution in [0.1, 0.15) is 53.4 Å². The molecule has 98 valence electrons. The van der Waals surface area contributed by atoms with Gasteiger partial charge in [-0.15, -0.1) is 0 Å². The lowest BCUT2D eigenvalue weighted by molar-refractivity contribution is 0.0505. The van der Waals surface area contributed by atoms with Gasteiger partial charge in [0.2, 0.25) is 0 Å². The smallest absolute Gasteiger partial charge is 0.113 e. The van der Waals surface area contributed by atoms with Crippen molar-refractivity contribution in [3.63, 3.8) is 0 Å². The predicted octanol–water partition coefficient (Wildman–Crippen LogP) is 3.30. The van der Waals surface area contributed by atoms with Crippen molar-refractivity contribution in [3.05, 3.63) is 11.6 Å². The first-order chi connectivity index (χ1) is 7.94. The molecule has 2 heteroatoms. The van der Waals surface area contributed by atoms with Crippen LogP contribution in [0.15, 0.2) is 11.6 Å². The molecular weight excluding hydrogens is 212 g/mol. The van der Waals surface area contributed by atoms with Gasteiger partial charge in [-0.25, -0.2) is 0 Å². The topological polar surface area (TPSA) is 32.8 Å². The molecule has 0 radical (unpaired) electrons. The fourth-order valence-corrected chi connectivity index (χ4v) is 3.11. The fourth-order valence-electron chi connectivity index (χ4n) is 3.11. The van der Waals surface area contributed by atoms with Crippen molar-refractivity contribution in [2.45, 2.75) is 71.2 Å². The molecule has 0 bridgehead atoms. The Balaban J connectivity index is 2.14. The van der Waals surface area contributed by atoms with E-state index in [0.717, 1.165) is 25.7 Å². The summed E-state index contributed by atoms with van der Waals surface area (Å²) in [5, 5.41) is 10.5. The largest absolute Gasteiger partial charge is 0.390 e. The van der Waals surface area contributed by atoms with Gasteiger partial charge in [0.15, 0.2) is 0 Å². The molecule has 1 aliphatic carbocycles. The van der Waals surface area contributed by atoms with E-state index in [0.29, 0.717) is 11.8 Å². The number of hydrogen-bond donors (Lipinski definition) is 1. The highest BCUT2D eigenvalue weighted by Gasteiger charge is 2.57. The Hall–Kier alpha value is -0.340. The summed E-state index contributed by atoms with van der Waals surface area (Å²) in [6, 6.07) is 0. The second-order valence-electron chi connectivity index (χ2n) is 6.38. The van der Waals surface area contributed by atoms with E-state index < -0.39 is 0 Å². The van der Waals surface area contributed by atoms with Gasteiger partial charge in [-0.1, -0.05) is 25.5 Å². The number of allylic oxidation sites excluding steroid dienone is 2. The normalized spacial score (nSPS) is 46.0. The standard InChI is InChI=1S/C15H26O2/c1-10(2)12-8-7-11(3)6-5-9-15(4)14(17-15)13(12)16/h6,10,12-14,16H,5,7-9H2,1-4H3/b11-6+/t12-,13+,14-,15+/m0/s1. The van der Waals surface area contributed by atoms with Crippen molar-refractivity contribution in [3.8, 4) is 0 Å². The second-order valence-corrected chi connectivity index (χ2v) is 6.38. The first-order valence-electron chi connectivity index (χ1n) is 6.95. The third-order valence-corrected chi connectivity index (χ3v) is 4.55. The van der Waals surface area contributed by atoms with E-state index in [1.54, 1.807) is 0 Å². The molecule has 17 heavy (non-hydrogen) atoms. The van der Waals surface area contributed by atoms with Crippen molar-refractivity contribution >= 4 is 0 Å². The molecule has 4 atom stereocenters. The Morgan fingerprint density at radius 1 is 1.47 bits per heavy atom. The van der Waals surface area contributed by atoms with Gasteiger partial charge in [0.1, 0.15) is 6.10 Å². The minimum atomic E-state index is -0.286. The lowest BCUT2D eigenvalue weighted by Gasteiger charge is -2.27. The van der Waals surface area contributed by atoms with E-state index in [9.17, 15) is 5.11 Å². The summed E-state index contributed by atoms with van der Waals surface area (Å²) in [6.07, 6.45) is 6.45. The molecule has 0 aromatic heterocycles. The van der Waals surface area contributed by atoms with Crippen molar-refractivity contribution in [1.82, 2.24) is 0 Å². The van der Waals surface area contributed by atoms with Crippen LogP contribution >= 0.6 is 0 Å². The van der Waals surface area contributed by atoms with Crippen LogP contribution in [0.4, 0.5) is 0 Å². The van der Waals surface area contributed by atoms with Gasteiger partial charge in [0.05, 0.1) is 11.7 Å². The molecule has 1 fully saturated rings. The minimum Gasteiger partial charge on any atom is -0.390 e. The van der Waals surface area contributed by atoms with E-state index in [1.165, 1.54) is 5.57 Å². The molecule has 0 amide bonds. The summed E-state index contributed by atoms with van der Waals surface area (Å²) in [5.41, 5.74) is 1.39. The van der Waals surface area contributed by atoms with Crippen LogP contribution in [0, 0.1) is 11.8 Å². The highest BCUT2D eigenvalue weighted by Crippen LogP contribution is 2.46. The summed E-state index contributed by atoms with van der Waals surface area (Å²) in [5.74, 6) is 0.883. The zero-order chi connectivity index (χ0) is 12.6. The summed E-state index contributed by atoms with van der Waals surface area (Å²) in [7, 11) is 0. The average molecular weight is 238 g/mol. The summed E-state index contributed by atoms with van der Waals surface area (Å²) < 4.78 is 5.79. The molecule has 1 saturated heterocycles. The summed E-state index contributed by atoms with van der Waals surface area (Å²) in [4.78, 5) is 0. The van der Waals surface area contributed by atoms with Crippen molar-refractivity contribution < 1.29 is 9.84 Å². The maximum absolute atomic E-state index is 10.5. The quantitative estimate of drug-likeness (QED) is 0.561. The van der Waals surface area contributed by atoms with Crippen LogP contribution in [0.25, 0.3) is 0 Å². The first kappa shape index (κ1) is 13.1. The highest BCUT2D eigenvalue weighted by atomic mass is 16.6. The minimum absolute atomic E-state index is 0.0688. The monoisotopic (exact) mass is 238 g/mol. The number of aliphatic hydroxyl groups excluding tert-OH is 1. The van der Waals surface area contributed by atoms with Gasteiger partial charge in [-0.05, 0) is 51.4 Å². The van der Waals surface area contributed by atoms with Gasteiger partial charge in [0, 0.05) is 0 Å².